The molecular weight excluding hydrogens is 258 g/mol. The maximum atomic E-state index is 6.07. The lowest BCUT2D eigenvalue weighted by molar-refractivity contribution is 0.467. The molecular formula is C15H18ClN3. The summed E-state index contributed by atoms with van der Waals surface area (Å²) < 4.78 is 2.03. The Hall–Kier alpha value is -1.32. The van der Waals surface area contributed by atoms with Gasteiger partial charge in [-0.15, -0.1) is 0 Å². The minimum absolute atomic E-state index is 0.446. The number of benzene rings is 1. The average Bonchev–Trinajstić information content (AvgIpc) is 2.84. The van der Waals surface area contributed by atoms with Crippen molar-refractivity contribution in [1.29, 1.82) is 0 Å². The lowest BCUT2D eigenvalue weighted by atomic mass is 9.93. The summed E-state index contributed by atoms with van der Waals surface area (Å²) in [7, 11) is 0. The van der Waals surface area contributed by atoms with Gasteiger partial charge in [0.05, 0.1) is 11.9 Å². The highest BCUT2D eigenvalue weighted by Gasteiger charge is 2.23. The third-order valence-corrected chi connectivity index (χ3v) is 3.92. The summed E-state index contributed by atoms with van der Waals surface area (Å²) >= 11 is 6.07. The van der Waals surface area contributed by atoms with Crippen LogP contribution in [0, 0.1) is 0 Å². The largest absolute Gasteiger partial charge is 0.310 e. The van der Waals surface area contributed by atoms with Gasteiger partial charge >= 0.3 is 0 Å². The van der Waals surface area contributed by atoms with Crippen LogP contribution in [0.1, 0.15) is 37.1 Å². The average molecular weight is 276 g/mol. The molecule has 0 amide bonds. The Balaban J connectivity index is 2.01. The molecule has 0 saturated heterocycles. The van der Waals surface area contributed by atoms with Crippen molar-refractivity contribution in [3.8, 4) is 5.69 Å². The van der Waals surface area contributed by atoms with Crippen LogP contribution >= 0.6 is 11.6 Å². The summed E-state index contributed by atoms with van der Waals surface area (Å²) in [6, 6.07) is 8.32. The molecule has 1 heterocycles. The van der Waals surface area contributed by atoms with E-state index in [0.717, 1.165) is 23.7 Å². The predicted molar refractivity (Wildman–Crippen MR) is 77.9 cm³/mol. The molecule has 1 atom stereocenters. The number of hydrogen-bond acceptors (Lipinski definition) is 2. The van der Waals surface area contributed by atoms with E-state index in [2.05, 4.69) is 23.4 Å². The molecule has 3 nitrogen and oxygen atoms in total. The summed E-state index contributed by atoms with van der Waals surface area (Å²) in [5.41, 5.74) is 3.71. The van der Waals surface area contributed by atoms with Crippen LogP contribution in [0.15, 0.2) is 30.5 Å². The van der Waals surface area contributed by atoms with E-state index in [-0.39, 0.29) is 0 Å². The second-order valence-electron chi connectivity index (χ2n) is 4.94. The standard InChI is InChI=1S/C15H18ClN3/c1-2-17-14-7-4-8-15-13(14)10-18-19(15)12-6-3-5-11(16)9-12/h3,5-6,9-10,14,17H,2,4,7-8H2,1H3. The van der Waals surface area contributed by atoms with Crippen LogP contribution in [0.3, 0.4) is 0 Å². The van der Waals surface area contributed by atoms with E-state index >= 15 is 0 Å². The van der Waals surface area contributed by atoms with Crippen LogP contribution < -0.4 is 5.32 Å². The monoisotopic (exact) mass is 275 g/mol. The van der Waals surface area contributed by atoms with Gasteiger partial charge < -0.3 is 5.32 Å². The molecule has 1 unspecified atom stereocenters. The van der Waals surface area contributed by atoms with Gasteiger partial charge in [0.25, 0.3) is 0 Å². The van der Waals surface area contributed by atoms with Gasteiger partial charge in [-0.1, -0.05) is 24.6 Å². The maximum absolute atomic E-state index is 6.07. The molecule has 1 aromatic carbocycles. The zero-order valence-electron chi connectivity index (χ0n) is 11.1. The highest BCUT2D eigenvalue weighted by molar-refractivity contribution is 6.30. The van der Waals surface area contributed by atoms with E-state index in [1.165, 1.54) is 24.1 Å². The molecule has 1 N–H and O–H groups in total. The molecule has 0 aliphatic heterocycles. The number of aromatic nitrogens is 2. The van der Waals surface area contributed by atoms with Gasteiger partial charge in [-0.2, -0.15) is 5.10 Å². The van der Waals surface area contributed by atoms with E-state index in [1.807, 2.05) is 29.1 Å². The quantitative estimate of drug-likeness (QED) is 0.929. The van der Waals surface area contributed by atoms with Gasteiger partial charge in [0.2, 0.25) is 0 Å². The molecule has 100 valence electrons. The molecule has 19 heavy (non-hydrogen) atoms. The number of nitrogens with one attached hydrogen (secondary N) is 1. The summed E-state index contributed by atoms with van der Waals surface area (Å²) in [6.45, 7) is 3.14. The minimum Gasteiger partial charge on any atom is -0.310 e. The van der Waals surface area contributed by atoms with E-state index in [0.29, 0.717) is 6.04 Å². The maximum Gasteiger partial charge on any atom is 0.0663 e. The van der Waals surface area contributed by atoms with Crippen molar-refractivity contribution < 1.29 is 0 Å². The fourth-order valence-corrected chi connectivity index (χ4v) is 3.03. The zero-order valence-corrected chi connectivity index (χ0v) is 11.8. The van der Waals surface area contributed by atoms with Gasteiger partial charge in [0.15, 0.2) is 0 Å². The molecule has 1 aliphatic carbocycles. The highest BCUT2D eigenvalue weighted by Crippen LogP contribution is 2.31. The number of fused-ring (bicyclic) bond motifs is 1. The van der Waals surface area contributed by atoms with Crippen LogP contribution in [0.4, 0.5) is 0 Å². The van der Waals surface area contributed by atoms with E-state index in [1.54, 1.807) is 0 Å². The van der Waals surface area contributed by atoms with Crippen molar-refractivity contribution in [2.24, 2.45) is 0 Å². The third kappa shape index (κ3) is 2.40. The van der Waals surface area contributed by atoms with Gasteiger partial charge in [0.1, 0.15) is 0 Å². The van der Waals surface area contributed by atoms with Crippen LogP contribution in [0.25, 0.3) is 5.69 Å². The van der Waals surface area contributed by atoms with Crippen molar-refractivity contribution in [3.63, 3.8) is 0 Å². The van der Waals surface area contributed by atoms with Crippen molar-refractivity contribution in [2.75, 3.05) is 6.54 Å². The molecule has 0 fully saturated rings. The Bertz CT molecular complexity index is 577. The second-order valence-corrected chi connectivity index (χ2v) is 5.38. The first-order valence-electron chi connectivity index (χ1n) is 6.85. The normalized spacial score (nSPS) is 18.3. The summed E-state index contributed by atoms with van der Waals surface area (Å²) in [4.78, 5) is 0. The summed E-state index contributed by atoms with van der Waals surface area (Å²) in [6.07, 6.45) is 5.49. The lowest BCUT2D eigenvalue weighted by Crippen LogP contribution is -2.24. The number of hydrogen-bond donors (Lipinski definition) is 1. The van der Waals surface area contributed by atoms with Crippen molar-refractivity contribution in [1.82, 2.24) is 15.1 Å². The topological polar surface area (TPSA) is 29.9 Å². The van der Waals surface area contributed by atoms with Crippen molar-refractivity contribution in [3.05, 3.63) is 46.7 Å². The first kappa shape index (κ1) is 12.7. The van der Waals surface area contributed by atoms with E-state index in [4.69, 9.17) is 11.6 Å². The molecule has 0 spiro atoms. The smallest absolute Gasteiger partial charge is 0.0663 e. The Kier molecular flexibility index (Phi) is 3.58. The van der Waals surface area contributed by atoms with Crippen LogP contribution in [-0.4, -0.2) is 16.3 Å². The Morgan fingerprint density at radius 1 is 1.47 bits per heavy atom. The van der Waals surface area contributed by atoms with Crippen molar-refractivity contribution >= 4 is 11.6 Å². The summed E-state index contributed by atoms with van der Waals surface area (Å²) in [5.74, 6) is 0. The SMILES string of the molecule is CCNC1CCCc2c1cnn2-c1cccc(Cl)c1. The Labute approximate surface area is 118 Å². The van der Waals surface area contributed by atoms with E-state index < -0.39 is 0 Å². The van der Waals surface area contributed by atoms with E-state index in [9.17, 15) is 0 Å². The molecule has 1 aliphatic rings. The molecule has 0 radical (unpaired) electrons. The fourth-order valence-electron chi connectivity index (χ4n) is 2.85. The first-order chi connectivity index (χ1) is 9.29. The highest BCUT2D eigenvalue weighted by atomic mass is 35.5. The molecule has 0 bridgehead atoms. The second kappa shape index (κ2) is 5.35. The van der Waals surface area contributed by atoms with Crippen LogP contribution in [-0.2, 0) is 6.42 Å². The molecule has 4 heteroatoms. The predicted octanol–water partition coefficient (Wildman–Crippen LogP) is 3.51. The van der Waals surface area contributed by atoms with Crippen LogP contribution in [0.5, 0.6) is 0 Å². The van der Waals surface area contributed by atoms with Crippen LogP contribution in [0.2, 0.25) is 5.02 Å². The molecule has 0 saturated carbocycles. The molecule has 3 rings (SSSR count). The summed E-state index contributed by atoms with van der Waals surface area (Å²) in [5, 5.41) is 8.85. The Morgan fingerprint density at radius 2 is 2.37 bits per heavy atom. The van der Waals surface area contributed by atoms with Gasteiger partial charge in [-0.05, 0) is 44.0 Å². The molecule has 1 aromatic heterocycles. The van der Waals surface area contributed by atoms with Gasteiger partial charge in [-0.3, -0.25) is 0 Å². The number of rotatable bonds is 3. The Morgan fingerprint density at radius 3 is 3.16 bits per heavy atom. The third-order valence-electron chi connectivity index (χ3n) is 3.69. The van der Waals surface area contributed by atoms with Crippen molar-refractivity contribution in [2.45, 2.75) is 32.2 Å². The fraction of sp³-hybridized carbons (Fsp3) is 0.400. The molecule has 2 aromatic rings. The van der Waals surface area contributed by atoms with Gasteiger partial charge in [-0.25, -0.2) is 4.68 Å². The number of halogens is 1. The lowest BCUT2D eigenvalue weighted by Gasteiger charge is -2.23. The van der Waals surface area contributed by atoms with Gasteiger partial charge in [0, 0.05) is 22.3 Å². The first-order valence-corrected chi connectivity index (χ1v) is 7.23. The number of nitrogens with zero attached hydrogens (tertiary/aromatic N) is 2. The zero-order chi connectivity index (χ0) is 13.2. The minimum atomic E-state index is 0.446.